The molecule has 0 N–H and O–H groups in total. The molecule has 0 saturated carbocycles. The maximum atomic E-state index is 5.17. The third-order valence-corrected chi connectivity index (χ3v) is 13.6. The molecule has 4 aromatic heterocycles. The molecule has 0 aliphatic heterocycles. The van der Waals surface area contributed by atoms with E-state index in [1.54, 1.807) is 0 Å². The molecule has 0 bridgehead atoms. The highest BCUT2D eigenvalue weighted by atomic mass is 32.1. The van der Waals surface area contributed by atoms with Gasteiger partial charge >= 0.3 is 0 Å². The van der Waals surface area contributed by atoms with Gasteiger partial charge in [0.25, 0.3) is 0 Å². The predicted octanol–water partition coefficient (Wildman–Crippen LogP) is 15.1. The summed E-state index contributed by atoms with van der Waals surface area (Å²) >= 11 is 1.84. The van der Waals surface area contributed by atoms with E-state index in [2.05, 4.69) is 203 Å². The summed E-state index contributed by atoms with van der Waals surface area (Å²) in [5.41, 5.74) is 12.0. The summed E-state index contributed by atoms with van der Waals surface area (Å²) in [6.07, 6.45) is 0. The van der Waals surface area contributed by atoms with Crippen molar-refractivity contribution in [2.24, 2.45) is 0 Å². The lowest BCUT2D eigenvalue weighted by atomic mass is 10.0. The lowest BCUT2D eigenvalue weighted by Crippen LogP contribution is -2.01. The number of hydrogen-bond donors (Lipinski definition) is 0. The molecule has 0 fully saturated rings. The van der Waals surface area contributed by atoms with Crippen molar-refractivity contribution in [3.05, 3.63) is 212 Å². The van der Waals surface area contributed by atoms with E-state index in [0.29, 0.717) is 17.5 Å². The Hall–Kier alpha value is -8.19. The number of para-hydroxylation sites is 3. The van der Waals surface area contributed by atoms with Crippen molar-refractivity contribution in [3.63, 3.8) is 0 Å². The number of thiophene rings is 1. The van der Waals surface area contributed by atoms with Crippen LogP contribution in [0.15, 0.2) is 212 Å². The average molecular weight is 822 g/mol. The molecule has 0 amide bonds. The monoisotopic (exact) mass is 821 g/mol. The smallest absolute Gasteiger partial charge is 0.164 e. The van der Waals surface area contributed by atoms with Crippen LogP contribution in [0, 0.1) is 0 Å². The molecule has 6 heteroatoms. The van der Waals surface area contributed by atoms with Crippen LogP contribution in [0.25, 0.3) is 120 Å². The van der Waals surface area contributed by atoms with Gasteiger partial charge in [-0.25, -0.2) is 15.0 Å². The minimum atomic E-state index is 0.625. The maximum Gasteiger partial charge on any atom is 0.164 e. The van der Waals surface area contributed by atoms with Gasteiger partial charge < -0.3 is 9.13 Å². The predicted molar refractivity (Wildman–Crippen MR) is 263 cm³/mol. The van der Waals surface area contributed by atoms with Gasteiger partial charge in [-0.05, 0) is 83.9 Å². The number of benzene rings is 9. The summed E-state index contributed by atoms with van der Waals surface area (Å²) < 4.78 is 7.32. The van der Waals surface area contributed by atoms with Crippen LogP contribution in [-0.2, 0) is 0 Å². The van der Waals surface area contributed by atoms with Gasteiger partial charge in [0.15, 0.2) is 17.5 Å². The van der Waals surface area contributed by atoms with Crippen molar-refractivity contribution in [2.45, 2.75) is 0 Å². The molecule has 0 aliphatic rings. The molecule has 63 heavy (non-hydrogen) atoms. The third kappa shape index (κ3) is 5.73. The molecule has 0 aliphatic carbocycles. The van der Waals surface area contributed by atoms with E-state index in [0.717, 1.165) is 44.7 Å². The standard InChI is InChI=1S/C57H35N5S/c1-2-14-36(15-3-1)55-58-56(60-57(59-55)39-17-12-16-38(34-39)42-22-13-23-47-46-21-7-11-27-53(46)63-54(42)47)37-28-30-40(31-29-37)61-51-26-10-6-20-45(51)48-35-41(32-33-52(48)61)62-49-24-8-4-18-43(49)44-19-5-9-25-50(44)62/h1-35H. The molecule has 0 atom stereocenters. The minimum Gasteiger partial charge on any atom is -0.309 e. The van der Waals surface area contributed by atoms with Crippen LogP contribution in [0.4, 0.5) is 0 Å². The van der Waals surface area contributed by atoms with E-state index in [-0.39, 0.29) is 0 Å². The number of aromatic nitrogens is 5. The highest BCUT2D eigenvalue weighted by Crippen LogP contribution is 2.41. The molecule has 13 aromatic rings. The number of rotatable bonds is 6. The lowest BCUT2D eigenvalue weighted by Gasteiger charge is -2.12. The van der Waals surface area contributed by atoms with Gasteiger partial charge in [-0.3, -0.25) is 0 Å². The van der Waals surface area contributed by atoms with Gasteiger partial charge in [0.05, 0.1) is 22.1 Å². The Bertz CT molecular complexity index is 3860. The maximum absolute atomic E-state index is 5.17. The molecule has 9 aromatic carbocycles. The van der Waals surface area contributed by atoms with Gasteiger partial charge in [-0.2, -0.15) is 0 Å². The molecule has 0 unspecified atom stereocenters. The van der Waals surface area contributed by atoms with Crippen molar-refractivity contribution < 1.29 is 0 Å². The summed E-state index contributed by atoms with van der Waals surface area (Å²) in [5, 5.41) is 7.49. The molecule has 0 spiro atoms. The first-order chi connectivity index (χ1) is 31.2. The van der Waals surface area contributed by atoms with E-state index < -0.39 is 0 Å². The zero-order chi connectivity index (χ0) is 41.4. The molecule has 5 nitrogen and oxygen atoms in total. The van der Waals surface area contributed by atoms with Crippen LogP contribution in [0.3, 0.4) is 0 Å². The lowest BCUT2D eigenvalue weighted by molar-refractivity contribution is 1.07. The molecule has 4 heterocycles. The Labute approximate surface area is 366 Å². The van der Waals surface area contributed by atoms with Crippen LogP contribution in [0.5, 0.6) is 0 Å². The van der Waals surface area contributed by atoms with Crippen LogP contribution < -0.4 is 0 Å². The molecule has 294 valence electrons. The minimum absolute atomic E-state index is 0.625. The van der Waals surface area contributed by atoms with Crippen molar-refractivity contribution >= 4 is 75.1 Å². The number of fused-ring (bicyclic) bond motifs is 9. The highest BCUT2D eigenvalue weighted by Gasteiger charge is 2.18. The first-order valence-electron chi connectivity index (χ1n) is 21.2. The second kappa shape index (κ2) is 14.2. The van der Waals surface area contributed by atoms with Gasteiger partial charge in [-0.15, -0.1) is 11.3 Å². The molecular weight excluding hydrogens is 787 g/mol. The van der Waals surface area contributed by atoms with Crippen LogP contribution in [0.1, 0.15) is 0 Å². The molecule has 0 radical (unpaired) electrons. The Morgan fingerprint density at radius 2 is 0.778 bits per heavy atom. The van der Waals surface area contributed by atoms with E-state index >= 15 is 0 Å². The van der Waals surface area contributed by atoms with Crippen LogP contribution >= 0.6 is 11.3 Å². The molecular formula is C57H35N5S. The SMILES string of the molecule is c1ccc(-c2nc(-c3ccc(-n4c5ccccc5c5cc(-n6c7ccccc7c7ccccc76)ccc54)cc3)nc(-c3cccc(-c4cccc5c4sc4ccccc45)c3)n2)cc1. The Morgan fingerprint density at radius 1 is 0.302 bits per heavy atom. The first-order valence-corrected chi connectivity index (χ1v) is 22.0. The van der Waals surface area contributed by atoms with E-state index in [4.69, 9.17) is 15.0 Å². The van der Waals surface area contributed by atoms with E-state index in [1.165, 1.54) is 58.3 Å². The van der Waals surface area contributed by atoms with E-state index in [9.17, 15) is 0 Å². The largest absolute Gasteiger partial charge is 0.309 e. The Morgan fingerprint density at radius 3 is 1.48 bits per heavy atom. The summed E-state index contributed by atoms with van der Waals surface area (Å²) in [6.45, 7) is 0. The number of nitrogens with zero attached hydrogens (tertiary/aromatic N) is 5. The average Bonchev–Trinajstić information content (AvgIpc) is 4.02. The van der Waals surface area contributed by atoms with Crippen molar-refractivity contribution in [1.29, 1.82) is 0 Å². The highest BCUT2D eigenvalue weighted by molar-refractivity contribution is 7.26. The topological polar surface area (TPSA) is 48.5 Å². The van der Waals surface area contributed by atoms with Crippen molar-refractivity contribution in [3.8, 4) is 56.7 Å². The summed E-state index contributed by atoms with van der Waals surface area (Å²) in [7, 11) is 0. The van der Waals surface area contributed by atoms with Crippen molar-refractivity contribution in [1.82, 2.24) is 24.1 Å². The summed E-state index contributed by atoms with van der Waals surface area (Å²) in [4.78, 5) is 15.3. The summed E-state index contributed by atoms with van der Waals surface area (Å²) in [5.74, 6) is 1.90. The zero-order valence-corrected chi connectivity index (χ0v) is 34.7. The van der Waals surface area contributed by atoms with Crippen molar-refractivity contribution in [2.75, 3.05) is 0 Å². The van der Waals surface area contributed by atoms with Crippen LogP contribution in [-0.4, -0.2) is 24.1 Å². The second-order valence-electron chi connectivity index (χ2n) is 16.0. The Balaban J connectivity index is 0.916. The quantitative estimate of drug-likeness (QED) is 0.168. The normalized spacial score (nSPS) is 11.8. The van der Waals surface area contributed by atoms with Gasteiger partial charge in [-0.1, -0.05) is 140 Å². The number of hydrogen-bond acceptors (Lipinski definition) is 4. The second-order valence-corrected chi connectivity index (χ2v) is 17.1. The molecule has 0 saturated heterocycles. The Kier molecular flexibility index (Phi) is 8.01. The molecule has 13 rings (SSSR count). The summed E-state index contributed by atoms with van der Waals surface area (Å²) in [6, 6.07) is 75.6. The van der Waals surface area contributed by atoms with Gasteiger partial charge in [0.2, 0.25) is 0 Å². The zero-order valence-electron chi connectivity index (χ0n) is 33.9. The fourth-order valence-corrected chi connectivity index (χ4v) is 10.7. The van der Waals surface area contributed by atoms with E-state index in [1.807, 2.05) is 29.5 Å². The first kappa shape index (κ1) is 35.6. The van der Waals surface area contributed by atoms with Crippen LogP contribution in [0.2, 0.25) is 0 Å². The third-order valence-electron chi connectivity index (χ3n) is 12.4. The fourth-order valence-electron chi connectivity index (χ4n) is 9.49. The fraction of sp³-hybridized carbons (Fsp3) is 0. The van der Waals surface area contributed by atoms with Gasteiger partial charge in [0.1, 0.15) is 0 Å². The van der Waals surface area contributed by atoms with Gasteiger partial charge in [0, 0.05) is 69.8 Å².